The molecule has 2 spiro atoms. The molecule has 4 nitrogen and oxygen atoms in total. The van der Waals surface area contributed by atoms with Crippen LogP contribution in [0.15, 0.2) is 0 Å². The highest BCUT2D eigenvalue weighted by molar-refractivity contribution is 6.82. The first kappa shape index (κ1) is 25.2. The fraction of sp³-hybridized carbons (Fsp3) is 0.0923. The van der Waals surface area contributed by atoms with Crippen molar-refractivity contribution >= 4 is 297 Å². The van der Waals surface area contributed by atoms with E-state index in [2.05, 4.69) is 9.80 Å². The minimum absolute atomic E-state index is 0.244. The van der Waals surface area contributed by atoms with E-state index in [0.29, 0.717) is 26.3 Å². The molecule has 0 N–H and O–H groups in total. The average Bonchev–Trinajstić information content (AvgIpc) is 4.29. The van der Waals surface area contributed by atoms with Gasteiger partial charge in [-0.05, 0) is 291 Å². The first-order chi connectivity index (χ1) is 34.4. The van der Waals surface area contributed by atoms with Crippen molar-refractivity contribution in [3.8, 4) is 0 Å². The number of amides is 2. The van der Waals surface area contributed by atoms with Gasteiger partial charge in [0.15, 0.2) is 0 Å². The molecule has 290 valence electrons. The van der Waals surface area contributed by atoms with E-state index >= 15 is 4.79 Å². The average molecular weight is 849 g/mol. The Morgan fingerprint density at radius 1 is 0.246 bits per heavy atom. The molecule has 0 unspecified atom stereocenters. The molecule has 0 bridgehead atoms. The minimum Gasteiger partial charge on any atom is -0.378 e. The standard InChI is InChI=1S/C65H8N2O2/c68-63(66-1-3-69-4-2-66)67-64-59-51-43-33-23-15-7-5-6-9-13-11(7)19-27-21(13)31-25-17(9)18-10(6)14-12-8(5)16(15)24-30-20(12)28-22(14)32-26(18)36-35(25)45-39(31)49-41(27)47(37(43)29(19)23)55(59)57(49)61-53(45)54-46(36)40(32)50-42(28)48-38(30)44(34(24)33)52(51)60(64)56(48)58(50)62(54)65(61,64)67/h1-4H2. The number of carbonyl (C=O) groups excluding carboxylic acids is 1. The van der Waals surface area contributed by atoms with Crippen LogP contribution in [0.3, 0.4) is 0 Å². The number of morpholine rings is 1. The number of rotatable bonds is 0. The molecule has 4 heteroatoms. The molecule has 0 radical (unpaired) electrons. The van der Waals surface area contributed by atoms with Gasteiger partial charge in [0.25, 0.3) is 0 Å². The Morgan fingerprint density at radius 2 is 0.391 bits per heavy atom. The van der Waals surface area contributed by atoms with E-state index in [4.69, 9.17) is 4.74 Å². The zero-order chi connectivity index (χ0) is 40.8. The van der Waals surface area contributed by atoms with Crippen molar-refractivity contribution in [3.63, 3.8) is 0 Å². The van der Waals surface area contributed by atoms with Gasteiger partial charge in [-0.25, -0.2) is 4.79 Å². The van der Waals surface area contributed by atoms with Gasteiger partial charge in [0.2, 0.25) is 0 Å². The Morgan fingerprint density at radius 3 is 0.551 bits per heavy atom. The van der Waals surface area contributed by atoms with Crippen molar-refractivity contribution in [1.29, 1.82) is 0 Å². The highest BCUT2D eigenvalue weighted by Crippen LogP contribution is 2.90. The summed E-state index contributed by atoms with van der Waals surface area (Å²) in [4.78, 5) is 21.5. The lowest BCUT2D eigenvalue weighted by molar-refractivity contribution is 0.0478. The molecular weight excluding hydrogens is 841 g/mol. The largest absolute Gasteiger partial charge is 0.378 e. The highest BCUT2D eigenvalue weighted by Gasteiger charge is 2.88. The van der Waals surface area contributed by atoms with Crippen molar-refractivity contribution < 1.29 is 9.53 Å². The Balaban J connectivity index is 1.16. The Bertz CT molecular complexity index is 6640. The second-order valence-corrected chi connectivity index (χ2v) is 25.4. The van der Waals surface area contributed by atoms with Crippen LogP contribution in [-0.4, -0.2) is 42.1 Å². The lowest BCUT2D eigenvalue weighted by Gasteiger charge is -2.29. The Kier molecular flexibility index (Phi) is 2.04. The number of nitrogens with zero attached hydrogens (tertiary/aromatic N) is 2. The zero-order valence-electron chi connectivity index (χ0n) is 35.0. The topological polar surface area (TPSA) is 32.6 Å². The maximum atomic E-state index is 16.6. The molecule has 0 aromatic heterocycles. The quantitative estimate of drug-likeness (QED) is 0.112. The van der Waals surface area contributed by atoms with Crippen molar-refractivity contribution in [2.75, 3.05) is 26.3 Å². The van der Waals surface area contributed by atoms with E-state index in [1.54, 1.807) is 313 Å². The fourth-order valence-electron chi connectivity index (χ4n) is 25.2. The second-order valence-electron chi connectivity index (χ2n) is 25.4. The lowest BCUT2D eigenvalue weighted by atomic mass is 9.68. The van der Waals surface area contributed by atoms with Gasteiger partial charge in [-0.2, -0.15) is 0 Å². The molecule has 0 saturated carbocycles. The summed E-state index contributed by atoms with van der Waals surface area (Å²) in [6.07, 6.45) is 0. The lowest BCUT2D eigenvalue weighted by Crippen LogP contribution is -2.44. The molecule has 2 amide bonds. The number of benzene rings is 18. The first-order valence-corrected chi connectivity index (χ1v) is 25.8. The Hall–Kier alpha value is -8.31. The number of carbonyl (C=O) groups is 1. The molecule has 4 aliphatic carbocycles. The van der Waals surface area contributed by atoms with Crippen LogP contribution in [0.25, 0.3) is 291 Å². The SMILES string of the molecule is O=C(N1CCOCC1)N1C23c4c5c6c7c8c9c(c%10c%11c2c2c4c4c%12c5c5c6c6c8c8c%13c9c9c%10c%10c%11c%11c2c2c4c4c%12c%12c5c5c6c8c6c8c%13c9c9c%10c%10c%11c2c2c4c4c%12c5c6c5c8c9c%10c2c45)C713. The van der Waals surface area contributed by atoms with Gasteiger partial charge < -0.3 is 9.64 Å². The highest BCUT2D eigenvalue weighted by atomic mass is 16.5. The van der Waals surface area contributed by atoms with Crippen molar-refractivity contribution in [2.45, 2.75) is 11.1 Å². The first-order valence-electron chi connectivity index (χ1n) is 25.8. The van der Waals surface area contributed by atoms with Crippen LogP contribution in [0.4, 0.5) is 4.79 Å². The van der Waals surface area contributed by atoms with E-state index in [-0.39, 0.29) is 6.03 Å². The Labute approximate surface area is 374 Å². The summed E-state index contributed by atoms with van der Waals surface area (Å²) in [6, 6.07) is 0.244. The molecule has 2 aliphatic heterocycles. The third-order valence-corrected chi connectivity index (χ3v) is 25.3. The third-order valence-electron chi connectivity index (χ3n) is 25.3. The van der Waals surface area contributed by atoms with Crippen molar-refractivity contribution in [1.82, 2.24) is 9.80 Å². The van der Waals surface area contributed by atoms with E-state index in [0.717, 1.165) is 0 Å². The number of urea groups is 1. The predicted octanol–water partition coefficient (Wildman–Crippen LogP) is 16.0. The van der Waals surface area contributed by atoms with Gasteiger partial charge >= 0.3 is 6.03 Å². The second kappa shape index (κ2) is 5.60. The van der Waals surface area contributed by atoms with Gasteiger partial charge in [0.05, 0.1) is 13.2 Å². The van der Waals surface area contributed by atoms with Crippen LogP contribution in [0.5, 0.6) is 0 Å². The maximum absolute atomic E-state index is 16.6. The van der Waals surface area contributed by atoms with Gasteiger partial charge in [-0.3, -0.25) is 4.90 Å². The van der Waals surface area contributed by atoms with E-state index in [9.17, 15) is 0 Å². The van der Waals surface area contributed by atoms with E-state index in [1.807, 2.05) is 0 Å². The third kappa shape index (κ3) is 1.30. The van der Waals surface area contributed by atoms with Gasteiger partial charge in [-0.15, -0.1) is 0 Å². The van der Waals surface area contributed by atoms with Crippen LogP contribution >= 0.6 is 0 Å². The summed E-state index contributed by atoms with van der Waals surface area (Å²) >= 11 is 0. The molecule has 0 atom stereocenters. The van der Waals surface area contributed by atoms with Crippen molar-refractivity contribution in [3.05, 3.63) is 22.3 Å². The van der Waals surface area contributed by atoms with Gasteiger partial charge in [0.1, 0.15) is 11.1 Å². The van der Waals surface area contributed by atoms with Crippen molar-refractivity contribution in [2.24, 2.45) is 0 Å². The summed E-state index contributed by atoms with van der Waals surface area (Å²) in [5.41, 5.74) is 4.96. The molecule has 2 saturated heterocycles. The molecule has 2 fully saturated rings. The van der Waals surface area contributed by atoms with E-state index < -0.39 is 11.1 Å². The van der Waals surface area contributed by atoms with E-state index in [1.165, 1.54) is 0 Å². The predicted molar refractivity (Wildman–Crippen MR) is 283 cm³/mol. The molecular formula is C65H8N2O2. The molecule has 69 heavy (non-hydrogen) atoms. The summed E-state index contributed by atoms with van der Waals surface area (Å²) in [5, 5.41) is 86.1. The summed E-state index contributed by atoms with van der Waals surface area (Å²) < 4.78 is 6.05. The smallest absolute Gasteiger partial charge is 0.322 e. The van der Waals surface area contributed by atoms with Crippen LogP contribution in [0, 0.1) is 0 Å². The number of ether oxygens (including phenoxy) is 1. The van der Waals surface area contributed by atoms with Crippen LogP contribution in [0.2, 0.25) is 0 Å². The van der Waals surface area contributed by atoms with Crippen LogP contribution in [0.1, 0.15) is 22.3 Å². The molecule has 28 aromatic carbocycles. The minimum atomic E-state index is -0.603. The summed E-state index contributed by atoms with van der Waals surface area (Å²) in [6.45, 7) is 2.52. The normalized spacial score (nSPS) is 23.8. The van der Waals surface area contributed by atoms with Crippen LogP contribution < -0.4 is 0 Å². The number of hydrogen-bond donors (Lipinski definition) is 0. The summed E-state index contributed by atoms with van der Waals surface area (Å²) in [5.74, 6) is 0. The molecule has 2 heterocycles. The fourth-order valence-corrected chi connectivity index (χ4v) is 25.2. The monoisotopic (exact) mass is 848 g/mol. The molecule has 34 rings (SSSR count). The van der Waals surface area contributed by atoms with Gasteiger partial charge in [-0.1, -0.05) is 0 Å². The maximum Gasteiger partial charge on any atom is 0.322 e. The molecule has 6 aliphatic rings. The number of hydrogen-bond acceptors (Lipinski definition) is 2. The summed E-state index contributed by atoms with van der Waals surface area (Å²) in [7, 11) is 0. The molecule has 28 aromatic rings. The zero-order valence-corrected chi connectivity index (χ0v) is 35.0. The van der Waals surface area contributed by atoms with Gasteiger partial charge in [0, 0.05) is 35.3 Å². The van der Waals surface area contributed by atoms with Crippen LogP contribution in [-0.2, 0) is 15.8 Å².